The van der Waals surface area contributed by atoms with E-state index >= 15 is 0 Å². The number of fused-ring (bicyclic) bond motifs is 1. The summed E-state index contributed by atoms with van der Waals surface area (Å²) in [6, 6.07) is 5.58. The number of aromatic nitrogens is 2. The van der Waals surface area contributed by atoms with Gasteiger partial charge in [0.2, 0.25) is 10.0 Å². The molecule has 2 aromatic rings. The summed E-state index contributed by atoms with van der Waals surface area (Å²) in [4.78, 5) is 7.04. The van der Waals surface area contributed by atoms with E-state index in [1.54, 1.807) is 6.33 Å². The van der Waals surface area contributed by atoms with Crippen molar-refractivity contribution < 1.29 is 8.42 Å². The fourth-order valence-electron chi connectivity index (χ4n) is 1.31. The Morgan fingerprint density at radius 2 is 2.27 bits per heavy atom. The summed E-state index contributed by atoms with van der Waals surface area (Å²) in [6.07, 6.45) is 2.75. The van der Waals surface area contributed by atoms with Crippen molar-refractivity contribution in [3.05, 3.63) is 30.1 Å². The fourth-order valence-corrected chi connectivity index (χ4v) is 1.74. The van der Waals surface area contributed by atoms with Crippen molar-refractivity contribution in [2.24, 2.45) is 0 Å². The van der Waals surface area contributed by atoms with E-state index < -0.39 is 10.0 Å². The highest BCUT2D eigenvalue weighted by Gasteiger charge is 2.02. The molecule has 0 atom stereocenters. The van der Waals surface area contributed by atoms with Gasteiger partial charge < -0.3 is 4.98 Å². The topological polar surface area (TPSA) is 74.8 Å². The number of benzene rings is 1. The normalized spacial score (nSPS) is 12.1. The van der Waals surface area contributed by atoms with Crippen LogP contribution in [0.2, 0.25) is 0 Å². The van der Waals surface area contributed by atoms with E-state index in [2.05, 4.69) is 14.7 Å². The Balaban J connectivity index is 2.21. The first-order chi connectivity index (χ1) is 7.04. The van der Waals surface area contributed by atoms with E-state index in [4.69, 9.17) is 0 Å². The molecule has 2 rings (SSSR count). The zero-order valence-electron chi connectivity index (χ0n) is 8.19. The number of imidazole rings is 1. The molecule has 1 aromatic carbocycles. The quantitative estimate of drug-likeness (QED) is 0.803. The molecule has 0 fully saturated rings. The zero-order chi connectivity index (χ0) is 10.9. The minimum atomic E-state index is -3.14. The molecule has 0 aliphatic rings. The Bertz CT molecular complexity index is 574. The van der Waals surface area contributed by atoms with Gasteiger partial charge in [-0.3, -0.25) is 0 Å². The first-order valence-corrected chi connectivity index (χ1v) is 6.30. The van der Waals surface area contributed by atoms with Crippen LogP contribution in [0, 0.1) is 0 Å². The van der Waals surface area contributed by atoms with Crippen LogP contribution in [0.15, 0.2) is 24.5 Å². The van der Waals surface area contributed by atoms with E-state index in [1.807, 2.05) is 18.2 Å². The number of aromatic amines is 1. The third-order valence-electron chi connectivity index (χ3n) is 2.02. The maximum atomic E-state index is 10.9. The highest BCUT2D eigenvalue weighted by molar-refractivity contribution is 7.88. The molecule has 80 valence electrons. The smallest absolute Gasteiger partial charge is 0.209 e. The van der Waals surface area contributed by atoms with Crippen LogP contribution in [-0.2, 0) is 16.6 Å². The SMILES string of the molecule is CS(=O)(=O)NCc1ccc2nc[nH]c2c1. The molecule has 0 saturated heterocycles. The standard InChI is InChI=1S/C9H11N3O2S/c1-15(13,14)12-5-7-2-3-8-9(4-7)11-6-10-8/h2-4,6,12H,5H2,1H3,(H,10,11). The molecule has 0 bridgehead atoms. The van der Waals surface area contributed by atoms with Crippen molar-refractivity contribution in [2.45, 2.75) is 6.54 Å². The van der Waals surface area contributed by atoms with Gasteiger partial charge in [-0.25, -0.2) is 18.1 Å². The molecular weight excluding hydrogens is 214 g/mol. The minimum Gasteiger partial charge on any atom is -0.345 e. The molecule has 0 aliphatic carbocycles. The molecule has 1 heterocycles. The first kappa shape index (κ1) is 10.1. The van der Waals surface area contributed by atoms with Crippen molar-refractivity contribution in [1.29, 1.82) is 0 Å². The van der Waals surface area contributed by atoms with Crippen molar-refractivity contribution >= 4 is 21.1 Å². The minimum absolute atomic E-state index is 0.299. The van der Waals surface area contributed by atoms with Crippen LogP contribution < -0.4 is 4.72 Å². The van der Waals surface area contributed by atoms with Crippen LogP contribution >= 0.6 is 0 Å². The third kappa shape index (κ3) is 2.54. The summed E-state index contributed by atoms with van der Waals surface area (Å²) in [5.74, 6) is 0. The number of rotatable bonds is 3. The molecule has 0 unspecified atom stereocenters. The fraction of sp³-hybridized carbons (Fsp3) is 0.222. The number of nitrogens with one attached hydrogen (secondary N) is 2. The van der Waals surface area contributed by atoms with Crippen LogP contribution in [0.25, 0.3) is 11.0 Å². The highest BCUT2D eigenvalue weighted by Crippen LogP contribution is 2.11. The average Bonchev–Trinajstić information content (AvgIpc) is 2.60. The summed E-state index contributed by atoms with van der Waals surface area (Å²) in [5, 5.41) is 0. The lowest BCUT2D eigenvalue weighted by Crippen LogP contribution is -2.21. The van der Waals surface area contributed by atoms with Gasteiger partial charge in [-0.1, -0.05) is 6.07 Å². The lowest BCUT2D eigenvalue weighted by atomic mass is 10.2. The second-order valence-corrected chi connectivity index (χ2v) is 5.18. The molecule has 2 N–H and O–H groups in total. The van der Waals surface area contributed by atoms with Gasteiger partial charge in [0.25, 0.3) is 0 Å². The van der Waals surface area contributed by atoms with Crippen molar-refractivity contribution in [3.8, 4) is 0 Å². The summed E-state index contributed by atoms with van der Waals surface area (Å²) in [7, 11) is -3.14. The van der Waals surface area contributed by atoms with Crippen molar-refractivity contribution in [3.63, 3.8) is 0 Å². The monoisotopic (exact) mass is 225 g/mol. The molecule has 1 aromatic heterocycles. The number of H-pyrrole nitrogens is 1. The highest BCUT2D eigenvalue weighted by atomic mass is 32.2. The van der Waals surface area contributed by atoms with Crippen LogP contribution in [0.3, 0.4) is 0 Å². The second-order valence-electron chi connectivity index (χ2n) is 3.35. The van der Waals surface area contributed by atoms with Crippen LogP contribution in [0.5, 0.6) is 0 Å². The van der Waals surface area contributed by atoms with Crippen molar-refractivity contribution in [2.75, 3.05) is 6.26 Å². The molecule has 15 heavy (non-hydrogen) atoms. The number of sulfonamides is 1. The van der Waals surface area contributed by atoms with Gasteiger partial charge >= 0.3 is 0 Å². The van der Waals surface area contributed by atoms with Gasteiger partial charge in [0.15, 0.2) is 0 Å². The number of nitrogens with zero attached hydrogens (tertiary/aromatic N) is 1. The Morgan fingerprint density at radius 1 is 1.47 bits per heavy atom. The maximum absolute atomic E-state index is 10.9. The Labute approximate surface area is 87.6 Å². The number of hydrogen-bond acceptors (Lipinski definition) is 3. The van der Waals surface area contributed by atoms with Gasteiger partial charge in [-0.05, 0) is 17.7 Å². The lowest BCUT2D eigenvalue weighted by Gasteiger charge is -2.02. The predicted octanol–water partition coefficient (Wildman–Crippen LogP) is 0.612. The van der Waals surface area contributed by atoms with E-state index in [0.29, 0.717) is 6.54 Å². The van der Waals surface area contributed by atoms with Gasteiger partial charge in [-0.2, -0.15) is 0 Å². The molecule has 0 aliphatic heterocycles. The summed E-state index contributed by atoms with van der Waals surface area (Å²) in [5.41, 5.74) is 2.68. The maximum Gasteiger partial charge on any atom is 0.209 e. The third-order valence-corrected chi connectivity index (χ3v) is 2.69. The zero-order valence-corrected chi connectivity index (χ0v) is 9.00. The van der Waals surface area contributed by atoms with E-state index in [-0.39, 0.29) is 0 Å². The Kier molecular flexibility index (Phi) is 2.45. The van der Waals surface area contributed by atoms with Crippen LogP contribution in [0.4, 0.5) is 0 Å². The molecule has 6 heteroatoms. The van der Waals surface area contributed by atoms with Gasteiger partial charge in [-0.15, -0.1) is 0 Å². The Morgan fingerprint density at radius 3 is 3.00 bits per heavy atom. The number of hydrogen-bond donors (Lipinski definition) is 2. The molecule has 0 amide bonds. The van der Waals surface area contributed by atoms with Crippen molar-refractivity contribution in [1.82, 2.24) is 14.7 Å². The van der Waals surface area contributed by atoms with Gasteiger partial charge in [0.05, 0.1) is 23.6 Å². The molecule has 5 nitrogen and oxygen atoms in total. The van der Waals surface area contributed by atoms with Gasteiger partial charge in [0, 0.05) is 6.54 Å². The molecule has 0 radical (unpaired) electrons. The second kappa shape index (κ2) is 3.63. The van der Waals surface area contributed by atoms with Gasteiger partial charge in [0.1, 0.15) is 0 Å². The average molecular weight is 225 g/mol. The molecular formula is C9H11N3O2S. The van der Waals surface area contributed by atoms with E-state index in [9.17, 15) is 8.42 Å². The van der Waals surface area contributed by atoms with E-state index in [0.717, 1.165) is 22.9 Å². The molecule has 0 spiro atoms. The molecule has 0 saturated carbocycles. The predicted molar refractivity (Wildman–Crippen MR) is 57.8 cm³/mol. The summed E-state index contributed by atoms with van der Waals surface area (Å²) >= 11 is 0. The van der Waals surface area contributed by atoms with Crippen LogP contribution in [-0.4, -0.2) is 24.6 Å². The summed E-state index contributed by atoms with van der Waals surface area (Å²) < 4.78 is 24.2. The lowest BCUT2D eigenvalue weighted by molar-refractivity contribution is 0.587. The largest absolute Gasteiger partial charge is 0.345 e. The summed E-state index contributed by atoms with van der Waals surface area (Å²) in [6.45, 7) is 0.299. The first-order valence-electron chi connectivity index (χ1n) is 4.41. The van der Waals surface area contributed by atoms with Crippen LogP contribution in [0.1, 0.15) is 5.56 Å². The Hall–Kier alpha value is -1.40. The van der Waals surface area contributed by atoms with E-state index in [1.165, 1.54) is 0 Å².